The number of ether oxygens (including phenoxy) is 2. The number of likely N-dealkylation sites (tertiary alicyclic amines) is 1. The Hall–Kier alpha value is -2.51. The van der Waals surface area contributed by atoms with Crippen LogP contribution in [0.15, 0.2) is 18.2 Å². The highest BCUT2D eigenvalue weighted by molar-refractivity contribution is 5.70. The Morgan fingerprint density at radius 3 is 2.65 bits per heavy atom. The lowest BCUT2D eigenvalue weighted by molar-refractivity contribution is -0.149. The molecule has 1 aromatic carbocycles. The van der Waals surface area contributed by atoms with Crippen LogP contribution in [0.5, 0.6) is 0 Å². The largest absolute Gasteiger partial charge is 0.458 e. The van der Waals surface area contributed by atoms with Gasteiger partial charge in [-0.3, -0.25) is 4.79 Å². The van der Waals surface area contributed by atoms with E-state index in [-0.39, 0.29) is 12.6 Å². The summed E-state index contributed by atoms with van der Waals surface area (Å²) in [4.78, 5) is 25.3. The third-order valence-corrected chi connectivity index (χ3v) is 3.88. The number of esters is 1. The van der Waals surface area contributed by atoms with Gasteiger partial charge in [-0.15, -0.1) is 0 Å². The van der Waals surface area contributed by atoms with Crippen molar-refractivity contribution in [1.82, 2.24) is 4.90 Å². The first-order chi connectivity index (χ1) is 12.0. The van der Waals surface area contributed by atoms with Gasteiger partial charge in [-0.2, -0.15) is 0 Å². The first-order valence-corrected chi connectivity index (χ1v) is 8.52. The summed E-state index contributed by atoms with van der Waals surface area (Å²) in [6.07, 6.45) is -0.567. The number of nitrogens with two attached hydrogens (primary N) is 1. The maximum Gasteiger partial charge on any atom is 0.410 e. The molecule has 0 radical (unpaired) electrons. The molecular formula is C18H26FN3O4. The Morgan fingerprint density at radius 2 is 2.04 bits per heavy atom. The number of amides is 1. The molecule has 0 bridgehead atoms. The van der Waals surface area contributed by atoms with Crippen molar-refractivity contribution in [2.24, 2.45) is 0 Å². The van der Waals surface area contributed by atoms with E-state index < -0.39 is 29.6 Å². The van der Waals surface area contributed by atoms with E-state index in [1.807, 2.05) is 0 Å². The Labute approximate surface area is 152 Å². The van der Waals surface area contributed by atoms with Crippen LogP contribution in [0, 0.1) is 5.82 Å². The van der Waals surface area contributed by atoms with Crippen LogP contribution in [-0.4, -0.2) is 47.8 Å². The van der Waals surface area contributed by atoms with Crippen molar-refractivity contribution in [3.63, 3.8) is 0 Å². The van der Waals surface area contributed by atoms with Gasteiger partial charge in [0, 0.05) is 13.5 Å². The molecule has 2 atom stereocenters. The Balaban J connectivity index is 2.11. The number of nitrogens with one attached hydrogen (secondary N) is 1. The van der Waals surface area contributed by atoms with Crippen molar-refractivity contribution < 1.29 is 23.5 Å². The predicted molar refractivity (Wildman–Crippen MR) is 96.2 cm³/mol. The fourth-order valence-electron chi connectivity index (χ4n) is 2.76. The summed E-state index contributed by atoms with van der Waals surface area (Å²) in [5.41, 5.74) is 6.08. The van der Waals surface area contributed by atoms with Gasteiger partial charge >= 0.3 is 12.1 Å². The van der Waals surface area contributed by atoms with Gasteiger partial charge in [0.15, 0.2) is 0 Å². The van der Waals surface area contributed by atoms with Crippen LogP contribution >= 0.6 is 0 Å². The van der Waals surface area contributed by atoms with E-state index in [4.69, 9.17) is 15.2 Å². The van der Waals surface area contributed by atoms with E-state index in [9.17, 15) is 14.0 Å². The molecule has 1 amide bonds. The molecule has 2 unspecified atom stereocenters. The molecule has 0 spiro atoms. The van der Waals surface area contributed by atoms with E-state index in [1.54, 1.807) is 20.8 Å². The maximum absolute atomic E-state index is 13.5. The van der Waals surface area contributed by atoms with Gasteiger partial charge in [0.05, 0.1) is 24.0 Å². The normalized spacial score (nSPS) is 20.4. The van der Waals surface area contributed by atoms with Gasteiger partial charge in [0.1, 0.15) is 17.5 Å². The quantitative estimate of drug-likeness (QED) is 0.630. The molecule has 1 fully saturated rings. The third kappa shape index (κ3) is 5.50. The molecule has 1 heterocycles. The van der Waals surface area contributed by atoms with E-state index in [1.165, 1.54) is 30.0 Å². The number of halogens is 1. The molecule has 3 N–H and O–H groups in total. The Kier molecular flexibility index (Phi) is 5.94. The van der Waals surface area contributed by atoms with Gasteiger partial charge in [-0.1, -0.05) is 0 Å². The molecule has 7 nitrogen and oxygen atoms in total. The second-order valence-electron chi connectivity index (χ2n) is 7.35. The zero-order valence-corrected chi connectivity index (χ0v) is 15.5. The van der Waals surface area contributed by atoms with Crippen molar-refractivity contribution >= 4 is 23.4 Å². The summed E-state index contributed by atoms with van der Waals surface area (Å²) in [7, 11) is 0. The number of rotatable bonds is 3. The van der Waals surface area contributed by atoms with Crippen LogP contribution in [0.4, 0.5) is 20.6 Å². The summed E-state index contributed by atoms with van der Waals surface area (Å²) in [6, 6.07) is 3.73. The first-order valence-electron chi connectivity index (χ1n) is 8.52. The van der Waals surface area contributed by atoms with Crippen molar-refractivity contribution in [3.05, 3.63) is 24.0 Å². The molecule has 0 aromatic heterocycles. The fourth-order valence-corrected chi connectivity index (χ4v) is 2.76. The minimum Gasteiger partial charge on any atom is -0.458 e. The van der Waals surface area contributed by atoms with Crippen LogP contribution in [-0.2, 0) is 14.3 Å². The molecule has 1 aliphatic heterocycles. The first kappa shape index (κ1) is 19.8. The smallest absolute Gasteiger partial charge is 0.410 e. The number of carbonyl (C=O) groups is 2. The van der Waals surface area contributed by atoms with Crippen molar-refractivity contribution in [3.8, 4) is 0 Å². The molecule has 26 heavy (non-hydrogen) atoms. The van der Waals surface area contributed by atoms with Gasteiger partial charge in [-0.25, -0.2) is 9.18 Å². The van der Waals surface area contributed by atoms with Crippen molar-refractivity contribution in [2.75, 3.05) is 24.1 Å². The van der Waals surface area contributed by atoms with Crippen molar-refractivity contribution in [2.45, 2.75) is 51.9 Å². The zero-order chi connectivity index (χ0) is 19.5. The van der Waals surface area contributed by atoms with E-state index in [2.05, 4.69) is 5.32 Å². The number of piperidine rings is 1. The average molecular weight is 367 g/mol. The van der Waals surface area contributed by atoms with Crippen LogP contribution in [0.25, 0.3) is 0 Å². The fraction of sp³-hybridized carbons (Fsp3) is 0.556. The maximum atomic E-state index is 13.5. The van der Waals surface area contributed by atoms with E-state index in [0.717, 1.165) is 0 Å². The second kappa shape index (κ2) is 7.80. The monoisotopic (exact) mass is 367 g/mol. The van der Waals surface area contributed by atoms with Gasteiger partial charge in [-0.05, 0) is 45.4 Å². The standard InChI is InChI=1S/C18H26FN3O4/c1-11(23)25-16-10-22(17(24)26-18(2,3)4)8-7-14(16)21-15-9-12(19)5-6-13(15)20/h5-6,9,14,16,21H,7-8,10,20H2,1-4H3. The lowest BCUT2D eigenvalue weighted by Gasteiger charge is -2.39. The highest BCUT2D eigenvalue weighted by Gasteiger charge is 2.35. The van der Waals surface area contributed by atoms with E-state index >= 15 is 0 Å². The molecule has 8 heteroatoms. The number of nitrogens with zero attached hydrogens (tertiary/aromatic N) is 1. The Morgan fingerprint density at radius 1 is 1.35 bits per heavy atom. The molecular weight excluding hydrogens is 341 g/mol. The minimum atomic E-state index is -0.612. The number of carbonyl (C=O) groups excluding carboxylic acids is 2. The minimum absolute atomic E-state index is 0.182. The number of anilines is 2. The summed E-state index contributed by atoms with van der Waals surface area (Å²) in [6.45, 7) is 7.27. The Bertz CT molecular complexity index is 675. The number of hydrogen-bond acceptors (Lipinski definition) is 6. The third-order valence-electron chi connectivity index (χ3n) is 3.88. The van der Waals surface area contributed by atoms with Crippen molar-refractivity contribution in [1.29, 1.82) is 0 Å². The van der Waals surface area contributed by atoms with E-state index in [0.29, 0.717) is 24.3 Å². The van der Waals surface area contributed by atoms with Gasteiger partial charge < -0.3 is 25.4 Å². The molecule has 1 aliphatic rings. The lowest BCUT2D eigenvalue weighted by atomic mass is 10.0. The van der Waals surface area contributed by atoms with Crippen LogP contribution < -0.4 is 11.1 Å². The predicted octanol–water partition coefficient (Wildman–Crippen LogP) is 2.76. The molecule has 1 saturated heterocycles. The highest BCUT2D eigenvalue weighted by Crippen LogP contribution is 2.25. The van der Waals surface area contributed by atoms with Gasteiger partial charge in [0.25, 0.3) is 0 Å². The summed E-state index contributed by atoms with van der Waals surface area (Å²) >= 11 is 0. The zero-order valence-electron chi connectivity index (χ0n) is 15.5. The highest BCUT2D eigenvalue weighted by atomic mass is 19.1. The molecule has 2 rings (SSSR count). The van der Waals surface area contributed by atoms with Crippen LogP contribution in [0.2, 0.25) is 0 Å². The summed E-state index contributed by atoms with van der Waals surface area (Å²) in [5, 5.41) is 3.13. The second-order valence-corrected chi connectivity index (χ2v) is 7.35. The molecule has 0 saturated carbocycles. The summed E-state index contributed by atoms with van der Waals surface area (Å²) < 4.78 is 24.2. The topological polar surface area (TPSA) is 93.9 Å². The molecule has 0 aliphatic carbocycles. The van der Waals surface area contributed by atoms with Crippen LogP contribution in [0.1, 0.15) is 34.1 Å². The average Bonchev–Trinajstić information content (AvgIpc) is 2.50. The SMILES string of the molecule is CC(=O)OC1CN(C(=O)OC(C)(C)C)CCC1Nc1cc(F)ccc1N. The molecule has 144 valence electrons. The number of nitrogen functional groups attached to an aromatic ring is 1. The summed E-state index contributed by atoms with van der Waals surface area (Å²) in [5.74, 6) is -0.878. The van der Waals surface area contributed by atoms with Gasteiger partial charge in [0.2, 0.25) is 0 Å². The number of hydrogen-bond donors (Lipinski definition) is 2. The van der Waals surface area contributed by atoms with Crippen LogP contribution in [0.3, 0.4) is 0 Å². The molecule has 1 aromatic rings. The number of benzene rings is 1. The lowest BCUT2D eigenvalue weighted by Crippen LogP contribution is -2.54.